The Morgan fingerprint density at radius 1 is 1.17 bits per heavy atom. The fraction of sp³-hybridized carbons (Fsp3) is 0.857. The highest BCUT2D eigenvalue weighted by Gasteiger charge is 2.66. The predicted molar refractivity (Wildman–Crippen MR) is 68.0 cm³/mol. The van der Waals surface area contributed by atoms with E-state index in [0.29, 0.717) is 0 Å². The maximum Gasteiger partial charge on any atom is 0.307 e. The molecule has 2 aliphatic rings. The molecule has 18 heavy (non-hydrogen) atoms. The molecule has 0 bridgehead atoms. The second-order valence-corrected chi connectivity index (χ2v) is 7.06. The van der Waals surface area contributed by atoms with Gasteiger partial charge in [-0.3, -0.25) is 9.59 Å². The molecule has 102 valence electrons. The van der Waals surface area contributed by atoms with Gasteiger partial charge in [0.15, 0.2) is 0 Å². The average Bonchev–Trinajstić information content (AvgIpc) is 2.65. The van der Waals surface area contributed by atoms with Crippen molar-refractivity contribution in [2.24, 2.45) is 22.7 Å². The maximum absolute atomic E-state index is 12.2. The van der Waals surface area contributed by atoms with Crippen molar-refractivity contribution in [1.82, 2.24) is 5.32 Å². The van der Waals surface area contributed by atoms with Crippen LogP contribution >= 0.6 is 0 Å². The SMILES string of the molecule is CC1(C)CCCC1NC(=O)C1C(C(=O)O)C1(C)C. The lowest BCUT2D eigenvalue weighted by Gasteiger charge is -2.28. The fourth-order valence-electron chi connectivity index (χ4n) is 3.44. The highest BCUT2D eigenvalue weighted by molar-refractivity contribution is 5.91. The molecule has 0 saturated heterocycles. The van der Waals surface area contributed by atoms with Crippen LogP contribution in [-0.4, -0.2) is 23.0 Å². The Kier molecular flexibility index (Phi) is 2.95. The van der Waals surface area contributed by atoms with E-state index in [-0.39, 0.29) is 23.3 Å². The highest BCUT2D eigenvalue weighted by Crippen LogP contribution is 2.58. The van der Waals surface area contributed by atoms with Crippen LogP contribution in [0, 0.1) is 22.7 Å². The molecule has 0 aromatic heterocycles. The van der Waals surface area contributed by atoms with Crippen molar-refractivity contribution in [1.29, 1.82) is 0 Å². The van der Waals surface area contributed by atoms with Crippen LogP contribution in [0.3, 0.4) is 0 Å². The molecule has 0 spiro atoms. The van der Waals surface area contributed by atoms with Crippen LogP contribution in [0.1, 0.15) is 47.0 Å². The van der Waals surface area contributed by atoms with Crippen LogP contribution < -0.4 is 5.32 Å². The van der Waals surface area contributed by atoms with E-state index in [1.165, 1.54) is 0 Å². The lowest BCUT2D eigenvalue weighted by molar-refractivity contribution is -0.140. The van der Waals surface area contributed by atoms with Crippen molar-refractivity contribution in [2.45, 2.75) is 53.0 Å². The number of amides is 1. The maximum atomic E-state index is 12.2. The standard InChI is InChI=1S/C14H23NO3/c1-13(2)7-5-6-8(13)15-11(16)9-10(12(17)18)14(9,3)4/h8-10H,5-7H2,1-4H3,(H,15,16)(H,17,18). The van der Waals surface area contributed by atoms with E-state index in [9.17, 15) is 9.59 Å². The van der Waals surface area contributed by atoms with Gasteiger partial charge in [-0.05, 0) is 23.7 Å². The van der Waals surface area contributed by atoms with Gasteiger partial charge in [-0.2, -0.15) is 0 Å². The Labute approximate surface area is 108 Å². The van der Waals surface area contributed by atoms with Crippen LogP contribution in [0.5, 0.6) is 0 Å². The Morgan fingerprint density at radius 2 is 1.78 bits per heavy atom. The Balaban J connectivity index is 2.00. The van der Waals surface area contributed by atoms with Gasteiger partial charge < -0.3 is 10.4 Å². The minimum Gasteiger partial charge on any atom is -0.481 e. The summed E-state index contributed by atoms with van der Waals surface area (Å²) in [5.41, 5.74) is -0.272. The average molecular weight is 253 g/mol. The Morgan fingerprint density at radius 3 is 2.17 bits per heavy atom. The fourth-order valence-corrected chi connectivity index (χ4v) is 3.44. The zero-order valence-electron chi connectivity index (χ0n) is 11.6. The molecular weight excluding hydrogens is 230 g/mol. The minimum absolute atomic E-state index is 0.0765. The monoisotopic (exact) mass is 253 g/mol. The van der Waals surface area contributed by atoms with E-state index in [2.05, 4.69) is 19.2 Å². The van der Waals surface area contributed by atoms with Gasteiger partial charge in [0.05, 0.1) is 11.8 Å². The summed E-state index contributed by atoms with van der Waals surface area (Å²) in [6.07, 6.45) is 3.26. The molecule has 0 aromatic carbocycles. The van der Waals surface area contributed by atoms with Crippen LogP contribution in [0.4, 0.5) is 0 Å². The van der Waals surface area contributed by atoms with E-state index < -0.39 is 17.3 Å². The summed E-state index contributed by atoms with van der Waals surface area (Å²) in [4.78, 5) is 23.3. The summed E-state index contributed by atoms with van der Waals surface area (Å²) in [6, 6.07) is 0.191. The number of nitrogens with one attached hydrogen (secondary N) is 1. The van der Waals surface area contributed by atoms with Gasteiger partial charge in [0.25, 0.3) is 0 Å². The molecule has 2 saturated carbocycles. The lowest BCUT2D eigenvalue weighted by Crippen LogP contribution is -2.43. The molecule has 4 nitrogen and oxygen atoms in total. The third kappa shape index (κ3) is 2.02. The van der Waals surface area contributed by atoms with E-state index in [4.69, 9.17) is 5.11 Å². The molecule has 2 aliphatic carbocycles. The molecule has 0 radical (unpaired) electrons. The van der Waals surface area contributed by atoms with Gasteiger partial charge in [-0.15, -0.1) is 0 Å². The first kappa shape index (κ1) is 13.4. The number of carboxylic acids is 1. The van der Waals surface area contributed by atoms with Crippen LogP contribution in [0.2, 0.25) is 0 Å². The van der Waals surface area contributed by atoms with E-state index in [0.717, 1.165) is 19.3 Å². The molecule has 3 unspecified atom stereocenters. The van der Waals surface area contributed by atoms with Crippen LogP contribution in [-0.2, 0) is 9.59 Å². The van der Waals surface area contributed by atoms with Gasteiger partial charge in [-0.1, -0.05) is 34.1 Å². The number of aliphatic carboxylic acids is 1. The summed E-state index contributed by atoms with van der Waals surface area (Å²) in [5.74, 6) is -1.83. The zero-order chi connectivity index (χ0) is 13.7. The van der Waals surface area contributed by atoms with Crippen molar-refractivity contribution in [3.63, 3.8) is 0 Å². The molecule has 2 N–H and O–H groups in total. The highest BCUT2D eigenvalue weighted by atomic mass is 16.4. The summed E-state index contributed by atoms with van der Waals surface area (Å²) < 4.78 is 0. The normalized spacial score (nSPS) is 36.1. The largest absolute Gasteiger partial charge is 0.481 e. The summed E-state index contributed by atoms with van der Waals surface area (Å²) >= 11 is 0. The van der Waals surface area contributed by atoms with E-state index in [1.807, 2.05) is 13.8 Å². The summed E-state index contributed by atoms with van der Waals surface area (Å²) in [7, 11) is 0. The number of carbonyl (C=O) groups excluding carboxylic acids is 1. The molecule has 0 heterocycles. The molecule has 2 rings (SSSR count). The Bertz CT molecular complexity index is 387. The molecule has 0 aromatic rings. The molecule has 3 atom stereocenters. The number of carboxylic acid groups (broad SMARTS) is 1. The van der Waals surface area contributed by atoms with Gasteiger partial charge in [0.1, 0.15) is 0 Å². The van der Waals surface area contributed by atoms with Crippen molar-refractivity contribution in [2.75, 3.05) is 0 Å². The van der Waals surface area contributed by atoms with Crippen molar-refractivity contribution >= 4 is 11.9 Å². The number of hydrogen-bond donors (Lipinski definition) is 2. The van der Waals surface area contributed by atoms with Gasteiger partial charge >= 0.3 is 5.97 Å². The van der Waals surface area contributed by atoms with E-state index >= 15 is 0 Å². The van der Waals surface area contributed by atoms with Crippen molar-refractivity contribution in [3.8, 4) is 0 Å². The van der Waals surface area contributed by atoms with Crippen LogP contribution in [0.15, 0.2) is 0 Å². The van der Waals surface area contributed by atoms with Gasteiger partial charge in [-0.25, -0.2) is 0 Å². The zero-order valence-corrected chi connectivity index (χ0v) is 11.6. The van der Waals surface area contributed by atoms with Gasteiger partial charge in [0.2, 0.25) is 5.91 Å². The second-order valence-electron chi connectivity index (χ2n) is 7.06. The van der Waals surface area contributed by atoms with Crippen molar-refractivity contribution < 1.29 is 14.7 Å². The lowest BCUT2D eigenvalue weighted by atomic mass is 9.87. The minimum atomic E-state index is -0.856. The number of rotatable bonds is 3. The number of carbonyl (C=O) groups is 2. The smallest absolute Gasteiger partial charge is 0.307 e. The third-order valence-corrected chi connectivity index (χ3v) is 4.95. The topological polar surface area (TPSA) is 66.4 Å². The van der Waals surface area contributed by atoms with Gasteiger partial charge in [0, 0.05) is 6.04 Å². The molecule has 1 amide bonds. The molecule has 0 aliphatic heterocycles. The Hall–Kier alpha value is -1.06. The third-order valence-electron chi connectivity index (χ3n) is 4.95. The number of hydrogen-bond acceptors (Lipinski definition) is 2. The van der Waals surface area contributed by atoms with Crippen LogP contribution in [0.25, 0.3) is 0 Å². The first-order valence-corrected chi connectivity index (χ1v) is 6.71. The van der Waals surface area contributed by atoms with E-state index in [1.54, 1.807) is 0 Å². The predicted octanol–water partition coefficient (Wildman–Crippen LogP) is 2.04. The summed E-state index contributed by atoms with van der Waals surface area (Å²) in [6.45, 7) is 8.04. The summed E-state index contributed by atoms with van der Waals surface area (Å²) in [5, 5.41) is 12.2. The first-order valence-electron chi connectivity index (χ1n) is 6.71. The molecule has 4 heteroatoms. The quantitative estimate of drug-likeness (QED) is 0.809. The molecule has 2 fully saturated rings. The second kappa shape index (κ2) is 3.97. The molecular formula is C14H23NO3. The van der Waals surface area contributed by atoms with Crippen molar-refractivity contribution in [3.05, 3.63) is 0 Å². The first-order chi connectivity index (χ1) is 8.18.